The number of hydrogen-bond donors (Lipinski definition) is 0. The molecule has 0 aliphatic heterocycles. The maximum Gasteiger partial charge on any atom is 0.267 e. The van der Waals surface area contributed by atoms with Gasteiger partial charge in [-0.2, -0.15) is 0 Å². The van der Waals surface area contributed by atoms with E-state index in [1.165, 1.54) is 0 Å². The van der Waals surface area contributed by atoms with Gasteiger partial charge in [-0.05, 0) is 41.6 Å². The van der Waals surface area contributed by atoms with E-state index in [0.717, 1.165) is 16.5 Å². The molecule has 0 radical (unpaired) electrons. The fraction of sp³-hybridized carbons (Fsp3) is 0.133. The number of halogens is 2. The number of benzene rings is 1. The third kappa shape index (κ3) is 2.80. The van der Waals surface area contributed by atoms with Crippen LogP contribution in [-0.2, 0) is 6.54 Å². The van der Waals surface area contributed by atoms with Gasteiger partial charge in [0.15, 0.2) is 0 Å². The van der Waals surface area contributed by atoms with E-state index in [-0.39, 0.29) is 5.56 Å². The molecular weight excluding hydrogens is 401 g/mol. The zero-order valence-corrected chi connectivity index (χ0v) is 14.1. The van der Waals surface area contributed by atoms with E-state index in [2.05, 4.69) is 9.97 Å². The Bertz CT molecular complexity index is 892. The lowest BCUT2D eigenvalue weighted by molar-refractivity contribution is 0.694. The van der Waals surface area contributed by atoms with E-state index >= 15 is 0 Å². The Morgan fingerprint density at radius 1 is 1.33 bits per heavy atom. The number of pyridine rings is 1. The summed E-state index contributed by atoms with van der Waals surface area (Å²) < 4.78 is 2.20. The minimum atomic E-state index is -0.0627. The number of rotatable bonds is 2. The lowest BCUT2D eigenvalue weighted by Crippen LogP contribution is -2.26. The van der Waals surface area contributed by atoms with Gasteiger partial charge in [0.05, 0.1) is 15.6 Å². The highest BCUT2D eigenvalue weighted by Crippen LogP contribution is 2.21. The number of nitrogens with zero attached hydrogens (tertiary/aromatic N) is 3. The van der Waals surface area contributed by atoms with Crippen LogP contribution >= 0.6 is 34.2 Å². The van der Waals surface area contributed by atoms with Gasteiger partial charge in [0.1, 0.15) is 11.0 Å². The molecule has 0 saturated carbocycles. The SMILES string of the molecule is Cc1ncc(I)c(=O)n1Cc1cc2ccccc2nc1Cl. The summed E-state index contributed by atoms with van der Waals surface area (Å²) in [6.07, 6.45) is 1.58. The Hall–Kier alpha value is -1.47. The quantitative estimate of drug-likeness (QED) is 0.480. The Labute approximate surface area is 139 Å². The number of aryl methyl sites for hydroxylation is 1. The van der Waals surface area contributed by atoms with E-state index in [1.54, 1.807) is 17.7 Å². The molecule has 0 spiro atoms. The van der Waals surface area contributed by atoms with E-state index < -0.39 is 0 Å². The highest BCUT2D eigenvalue weighted by atomic mass is 127. The van der Waals surface area contributed by atoms with Crippen molar-refractivity contribution in [2.24, 2.45) is 0 Å². The highest BCUT2D eigenvalue weighted by molar-refractivity contribution is 14.1. The Morgan fingerprint density at radius 2 is 2.10 bits per heavy atom. The van der Waals surface area contributed by atoms with Crippen LogP contribution in [0.3, 0.4) is 0 Å². The molecule has 2 heterocycles. The van der Waals surface area contributed by atoms with Crippen LogP contribution in [0.1, 0.15) is 11.4 Å². The molecule has 0 amide bonds. The van der Waals surface area contributed by atoms with Crippen molar-refractivity contribution in [2.45, 2.75) is 13.5 Å². The monoisotopic (exact) mass is 411 g/mol. The fourth-order valence-corrected chi connectivity index (χ4v) is 2.79. The van der Waals surface area contributed by atoms with Crippen LogP contribution in [0.25, 0.3) is 10.9 Å². The predicted molar refractivity (Wildman–Crippen MR) is 91.8 cm³/mol. The third-order valence-corrected chi connectivity index (χ3v) is 4.35. The molecule has 0 saturated heterocycles. The molecule has 21 heavy (non-hydrogen) atoms. The number of fused-ring (bicyclic) bond motifs is 1. The standard InChI is InChI=1S/C15H11ClIN3O/c1-9-18-7-12(17)15(21)20(9)8-11-6-10-4-2-3-5-13(10)19-14(11)16/h2-7H,8H2,1H3. The number of para-hydroxylation sites is 1. The zero-order chi connectivity index (χ0) is 15.0. The van der Waals surface area contributed by atoms with Gasteiger partial charge >= 0.3 is 0 Å². The van der Waals surface area contributed by atoms with Crippen LogP contribution in [0.15, 0.2) is 41.3 Å². The van der Waals surface area contributed by atoms with Gasteiger partial charge in [0, 0.05) is 17.1 Å². The van der Waals surface area contributed by atoms with Gasteiger partial charge in [-0.3, -0.25) is 9.36 Å². The molecule has 0 unspecified atom stereocenters. The van der Waals surface area contributed by atoms with E-state index in [9.17, 15) is 4.79 Å². The summed E-state index contributed by atoms with van der Waals surface area (Å²) in [5.74, 6) is 0.657. The first-order chi connectivity index (χ1) is 10.1. The van der Waals surface area contributed by atoms with Crippen molar-refractivity contribution in [2.75, 3.05) is 0 Å². The molecule has 0 atom stereocenters. The van der Waals surface area contributed by atoms with Crippen LogP contribution in [0.4, 0.5) is 0 Å². The first kappa shape index (κ1) is 14.5. The molecule has 0 aliphatic carbocycles. The fourth-order valence-electron chi connectivity index (χ4n) is 2.15. The molecule has 0 aliphatic rings. The zero-order valence-electron chi connectivity index (χ0n) is 11.2. The van der Waals surface area contributed by atoms with Crippen molar-refractivity contribution in [3.63, 3.8) is 0 Å². The van der Waals surface area contributed by atoms with Crippen molar-refractivity contribution in [1.82, 2.24) is 14.5 Å². The van der Waals surface area contributed by atoms with Gasteiger partial charge in [0.2, 0.25) is 0 Å². The second-order valence-electron chi connectivity index (χ2n) is 4.68. The summed E-state index contributed by atoms with van der Waals surface area (Å²) in [7, 11) is 0. The summed E-state index contributed by atoms with van der Waals surface area (Å²) in [6.45, 7) is 2.17. The second kappa shape index (κ2) is 5.73. The summed E-state index contributed by atoms with van der Waals surface area (Å²) in [4.78, 5) is 20.8. The minimum absolute atomic E-state index is 0.0627. The number of aromatic nitrogens is 3. The van der Waals surface area contributed by atoms with Crippen LogP contribution in [0.2, 0.25) is 5.15 Å². The van der Waals surface area contributed by atoms with Crippen LogP contribution in [0, 0.1) is 10.5 Å². The molecule has 0 fully saturated rings. The smallest absolute Gasteiger partial charge is 0.267 e. The van der Waals surface area contributed by atoms with E-state index in [1.807, 2.05) is 52.9 Å². The van der Waals surface area contributed by atoms with Crippen molar-refractivity contribution < 1.29 is 0 Å². The van der Waals surface area contributed by atoms with E-state index in [0.29, 0.717) is 21.1 Å². The van der Waals surface area contributed by atoms with Crippen molar-refractivity contribution in [3.05, 3.63) is 67.0 Å². The second-order valence-corrected chi connectivity index (χ2v) is 6.20. The molecule has 1 aromatic carbocycles. The summed E-state index contributed by atoms with van der Waals surface area (Å²) in [5.41, 5.74) is 1.59. The maximum atomic E-state index is 12.2. The van der Waals surface area contributed by atoms with Gasteiger partial charge in [0.25, 0.3) is 5.56 Å². The molecule has 6 heteroatoms. The van der Waals surface area contributed by atoms with E-state index in [4.69, 9.17) is 11.6 Å². The molecule has 0 bridgehead atoms. The summed E-state index contributed by atoms with van der Waals surface area (Å²) in [5, 5.41) is 1.42. The Kier molecular flexibility index (Phi) is 3.95. The minimum Gasteiger partial charge on any atom is -0.291 e. The molecular formula is C15H11ClIN3O. The van der Waals surface area contributed by atoms with Crippen LogP contribution in [0.5, 0.6) is 0 Å². The van der Waals surface area contributed by atoms with Gasteiger partial charge in [-0.1, -0.05) is 29.8 Å². The molecule has 0 N–H and O–H groups in total. The molecule has 106 valence electrons. The van der Waals surface area contributed by atoms with Gasteiger partial charge in [-0.15, -0.1) is 0 Å². The molecule has 3 rings (SSSR count). The normalized spacial score (nSPS) is 11.0. The lowest BCUT2D eigenvalue weighted by atomic mass is 10.1. The van der Waals surface area contributed by atoms with Gasteiger partial charge < -0.3 is 0 Å². The Morgan fingerprint density at radius 3 is 2.90 bits per heavy atom. The third-order valence-electron chi connectivity index (χ3n) is 3.28. The topological polar surface area (TPSA) is 47.8 Å². The molecule has 2 aromatic heterocycles. The van der Waals surface area contributed by atoms with Crippen molar-refractivity contribution in [3.8, 4) is 0 Å². The van der Waals surface area contributed by atoms with Gasteiger partial charge in [-0.25, -0.2) is 9.97 Å². The number of hydrogen-bond acceptors (Lipinski definition) is 3. The first-order valence-corrected chi connectivity index (χ1v) is 7.78. The summed E-state index contributed by atoms with van der Waals surface area (Å²) in [6, 6.07) is 9.73. The van der Waals surface area contributed by atoms with Crippen molar-refractivity contribution in [1.29, 1.82) is 0 Å². The maximum absolute atomic E-state index is 12.2. The van der Waals surface area contributed by atoms with Crippen molar-refractivity contribution >= 4 is 45.1 Å². The predicted octanol–water partition coefficient (Wildman–Crippen LogP) is 3.41. The molecule has 3 aromatic rings. The average Bonchev–Trinajstić information content (AvgIpc) is 2.48. The summed E-state index contributed by atoms with van der Waals surface area (Å²) >= 11 is 8.24. The highest BCUT2D eigenvalue weighted by Gasteiger charge is 2.10. The largest absolute Gasteiger partial charge is 0.291 e. The van der Waals surface area contributed by atoms with Crippen LogP contribution in [-0.4, -0.2) is 14.5 Å². The lowest BCUT2D eigenvalue weighted by Gasteiger charge is -2.11. The first-order valence-electron chi connectivity index (χ1n) is 6.32. The Balaban J connectivity index is 2.12. The molecule has 4 nitrogen and oxygen atoms in total. The average molecular weight is 412 g/mol. The van der Waals surface area contributed by atoms with Crippen LogP contribution < -0.4 is 5.56 Å².